The van der Waals surface area contributed by atoms with Crippen LogP contribution in [0.15, 0.2) is 12.1 Å². The molecule has 0 radical (unpaired) electrons. The van der Waals surface area contributed by atoms with Gasteiger partial charge in [-0.1, -0.05) is 12.1 Å². The number of aliphatic hydroxyl groups is 1. The number of nitrogens with one attached hydrogen (secondary N) is 1. The highest BCUT2D eigenvalue weighted by molar-refractivity contribution is 5.88. The van der Waals surface area contributed by atoms with Gasteiger partial charge >= 0.3 is 0 Å². The second kappa shape index (κ2) is 3.70. The van der Waals surface area contributed by atoms with Gasteiger partial charge in [0.25, 0.3) is 0 Å². The molecule has 2 nitrogen and oxygen atoms in total. The van der Waals surface area contributed by atoms with Gasteiger partial charge in [-0.3, -0.25) is 0 Å². The van der Waals surface area contributed by atoms with Gasteiger partial charge in [-0.2, -0.15) is 0 Å². The Kier molecular flexibility index (Phi) is 2.53. The highest BCUT2D eigenvalue weighted by Gasteiger charge is 2.10. The van der Waals surface area contributed by atoms with Crippen LogP contribution in [0.3, 0.4) is 0 Å². The van der Waals surface area contributed by atoms with Crippen molar-refractivity contribution in [2.24, 2.45) is 0 Å². The molecule has 0 amide bonds. The molecule has 0 atom stereocenters. The van der Waals surface area contributed by atoms with E-state index in [0.29, 0.717) is 0 Å². The predicted octanol–water partition coefficient (Wildman–Crippen LogP) is 2.63. The summed E-state index contributed by atoms with van der Waals surface area (Å²) in [5.74, 6) is 0. The molecule has 15 heavy (non-hydrogen) atoms. The molecule has 2 N–H and O–H groups in total. The Balaban J connectivity index is 2.73. The summed E-state index contributed by atoms with van der Waals surface area (Å²) in [7, 11) is 0. The van der Waals surface area contributed by atoms with Crippen LogP contribution in [0.1, 0.15) is 22.4 Å². The number of fused-ring (bicyclic) bond motifs is 1. The summed E-state index contributed by atoms with van der Waals surface area (Å²) in [6, 6.07) is 4.29. The summed E-state index contributed by atoms with van der Waals surface area (Å²) >= 11 is 0. The van der Waals surface area contributed by atoms with Crippen LogP contribution in [-0.2, 0) is 6.42 Å². The van der Waals surface area contributed by atoms with E-state index in [1.54, 1.807) is 0 Å². The molecule has 0 aliphatic rings. The molecule has 80 valence electrons. The highest BCUT2D eigenvalue weighted by atomic mass is 16.2. The Labute approximate surface area is 89.9 Å². The van der Waals surface area contributed by atoms with E-state index in [-0.39, 0.29) is 6.61 Å². The number of aromatic nitrogens is 1. The first-order valence-corrected chi connectivity index (χ1v) is 5.33. The number of aryl methyl sites for hydroxylation is 3. The van der Waals surface area contributed by atoms with Crippen LogP contribution in [0.5, 0.6) is 0 Å². The van der Waals surface area contributed by atoms with Crippen LogP contribution in [0.2, 0.25) is 0 Å². The number of aromatic amines is 1. The van der Waals surface area contributed by atoms with Crippen molar-refractivity contribution in [1.82, 2.24) is 4.98 Å². The fraction of sp³-hybridized carbons (Fsp3) is 0.385. The third-order valence-electron chi connectivity index (χ3n) is 3.19. The summed E-state index contributed by atoms with van der Waals surface area (Å²) in [6.45, 7) is 6.54. The lowest BCUT2D eigenvalue weighted by Gasteiger charge is -2.02. The van der Waals surface area contributed by atoms with E-state index < -0.39 is 0 Å². The summed E-state index contributed by atoms with van der Waals surface area (Å²) in [6.07, 6.45) is 0.730. The molecule has 1 heterocycles. The number of benzene rings is 1. The fourth-order valence-electron chi connectivity index (χ4n) is 2.13. The Morgan fingerprint density at radius 2 is 1.93 bits per heavy atom. The van der Waals surface area contributed by atoms with E-state index in [4.69, 9.17) is 5.11 Å². The second-order valence-electron chi connectivity index (χ2n) is 4.13. The van der Waals surface area contributed by atoms with Gasteiger partial charge in [0.05, 0.1) is 0 Å². The van der Waals surface area contributed by atoms with Crippen LogP contribution in [0.4, 0.5) is 0 Å². The van der Waals surface area contributed by atoms with E-state index in [2.05, 4.69) is 37.9 Å². The van der Waals surface area contributed by atoms with Gasteiger partial charge in [-0.05, 0) is 43.9 Å². The molecular formula is C13H17NO. The number of rotatable bonds is 2. The molecule has 0 bridgehead atoms. The topological polar surface area (TPSA) is 36.0 Å². The Hall–Kier alpha value is -1.28. The summed E-state index contributed by atoms with van der Waals surface area (Å²) in [5.41, 5.74) is 6.25. The van der Waals surface area contributed by atoms with Gasteiger partial charge in [0, 0.05) is 23.2 Å². The zero-order valence-corrected chi connectivity index (χ0v) is 9.52. The molecule has 1 aromatic heterocycles. The van der Waals surface area contributed by atoms with E-state index >= 15 is 0 Å². The molecule has 2 heteroatoms. The van der Waals surface area contributed by atoms with Gasteiger partial charge in [-0.15, -0.1) is 0 Å². The van der Waals surface area contributed by atoms with Gasteiger partial charge < -0.3 is 10.1 Å². The molecule has 2 aromatic rings. The lowest BCUT2D eigenvalue weighted by atomic mass is 10.0. The molecule has 0 aliphatic carbocycles. The van der Waals surface area contributed by atoms with Gasteiger partial charge in [0.2, 0.25) is 0 Å². The highest BCUT2D eigenvalue weighted by Crippen LogP contribution is 2.26. The number of aliphatic hydroxyl groups excluding tert-OH is 1. The smallest absolute Gasteiger partial charge is 0.0491 e. The standard InChI is InChI=1S/C13H17NO/c1-8-4-5-12-11(6-7-15)10(3)14-13(12)9(8)2/h4-5,14-15H,6-7H2,1-3H3. The minimum absolute atomic E-state index is 0.209. The first-order chi connectivity index (χ1) is 7.15. The number of hydrogen-bond acceptors (Lipinski definition) is 1. The minimum Gasteiger partial charge on any atom is -0.396 e. The minimum atomic E-state index is 0.209. The van der Waals surface area contributed by atoms with Crippen LogP contribution in [-0.4, -0.2) is 16.7 Å². The maximum atomic E-state index is 9.03. The van der Waals surface area contributed by atoms with Crippen molar-refractivity contribution in [3.8, 4) is 0 Å². The van der Waals surface area contributed by atoms with Crippen molar-refractivity contribution in [1.29, 1.82) is 0 Å². The van der Waals surface area contributed by atoms with E-state index in [9.17, 15) is 0 Å². The fourth-order valence-corrected chi connectivity index (χ4v) is 2.13. The van der Waals surface area contributed by atoms with Gasteiger partial charge in [-0.25, -0.2) is 0 Å². The SMILES string of the molecule is Cc1ccc2c(CCO)c(C)[nH]c2c1C. The largest absolute Gasteiger partial charge is 0.396 e. The maximum absolute atomic E-state index is 9.03. The van der Waals surface area contributed by atoms with Crippen molar-refractivity contribution in [2.75, 3.05) is 6.61 Å². The molecule has 1 aromatic carbocycles. The van der Waals surface area contributed by atoms with Crippen molar-refractivity contribution in [2.45, 2.75) is 27.2 Å². The van der Waals surface area contributed by atoms with Crippen molar-refractivity contribution < 1.29 is 5.11 Å². The zero-order chi connectivity index (χ0) is 11.0. The number of hydrogen-bond donors (Lipinski definition) is 2. The van der Waals surface area contributed by atoms with Crippen molar-refractivity contribution in [3.63, 3.8) is 0 Å². The average molecular weight is 203 g/mol. The van der Waals surface area contributed by atoms with Crippen LogP contribution >= 0.6 is 0 Å². The lowest BCUT2D eigenvalue weighted by Crippen LogP contribution is -1.91. The molecule has 2 rings (SSSR count). The quantitative estimate of drug-likeness (QED) is 0.773. The maximum Gasteiger partial charge on any atom is 0.0491 e. The Morgan fingerprint density at radius 1 is 1.20 bits per heavy atom. The van der Waals surface area contributed by atoms with Gasteiger partial charge in [0.1, 0.15) is 0 Å². The summed E-state index contributed by atoms with van der Waals surface area (Å²) in [5, 5.41) is 10.3. The average Bonchev–Trinajstić information content (AvgIpc) is 2.52. The third kappa shape index (κ3) is 1.55. The molecule has 0 saturated carbocycles. The molecule has 0 saturated heterocycles. The van der Waals surface area contributed by atoms with Crippen LogP contribution in [0, 0.1) is 20.8 Å². The Bertz CT molecular complexity index is 497. The van der Waals surface area contributed by atoms with Crippen LogP contribution in [0.25, 0.3) is 10.9 Å². The Morgan fingerprint density at radius 3 is 2.60 bits per heavy atom. The molecule has 0 aliphatic heterocycles. The first-order valence-electron chi connectivity index (χ1n) is 5.33. The van der Waals surface area contributed by atoms with E-state index in [1.165, 1.54) is 33.3 Å². The van der Waals surface area contributed by atoms with Gasteiger partial charge in [0.15, 0.2) is 0 Å². The molecule has 0 spiro atoms. The second-order valence-corrected chi connectivity index (χ2v) is 4.13. The monoisotopic (exact) mass is 203 g/mol. The van der Waals surface area contributed by atoms with Crippen molar-refractivity contribution >= 4 is 10.9 Å². The van der Waals surface area contributed by atoms with Crippen molar-refractivity contribution in [3.05, 3.63) is 34.5 Å². The molecular weight excluding hydrogens is 186 g/mol. The molecule has 0 fully saturated rings. The molecule has 0 unspecified atom stereocenters. The first kappa shape index (κ1) is 10.2. The van der Waals surface area contributed by atoms with E-state index in [0.717, 1.165) is 6.42 Å². The number of H-pyrrole nitrogens is 1. The normalized spacial score (nSPS) is 11.2. The zero-order valence-electron chi connectivity index (χ0n) is 9.52. The lowest BCUT2D eigenvalue weighted by molar-refractivity contribution is 0.300. The summed E-state index contributed by atoms with van der Waals surface area (Å²) in [4.78, 5) is 3.41. The third-order valence-corrected chi connectivity index (χ3v) is 3.19. The predicted molar refractivity (Wildman–Crippen MR) is 63.3 cm³/mol. The van der Waals surface area contributed by atoms with E-state index in [1.807, 2.05) is 0 Å². The van der Waals surface area contributed by atoms with Crippen LogP contribution < -0.4 is 0 Å². The summed E-state index contributed by atoms with van der Waals surface area (Å²) < 4.78 is 0.